The second-order valence-corrected chi connectivity index (χ2v) is 9.33. The van der Waals surface area contributed by atoms with Crippen LogP contribution >= 0.6 is 0 Å². The first-order valence-corrected chi connectivity index (χ1v) is 10.1. The number of nitriles is 1. The maximum atomic E-state index is 11.1. The van der Waals surface area contributed by atoms with E-state index in [1.54, 1.807) is 4.71 Å². The van der Waals surface area contributed by atoms with E-state index >= 15 is 0 Å². The molecule has 0 unspecified atom stereocenters. The summed E-state index contributed by atoms with van der Waals surface area (Å²) in [7, 11) is 0. The molecule has 0 bridgehead atoms. The summed E-state index contributed by atoms with van der Waals surface area (Å²) in [6, 6.07) is 1.73. The van der Waals surface area contributed by atoms with Crippen molar-refractivity contribution in [2.24, 2.45) is 0 Å². The summed E-state index contributed by atoms with van der Waals surface area (Å²) in [5, 5.41) is 17.8. The molecule has 4 nitrogen and oxygen atoms in total. The number of hydrogen-bond donors (Lipinski definition) is 1. The van der Waals surface area contributed by atoms with Crippen LogP contribution in [0.5, 0.6) is 0 Å². The van der Waals surface area contributed by atoms with Crippen LogP contribution in [0.1, 0.15) is 0 Å². The Morgan fingerprint density at radius 1 is 1.82 bits per heavy atom. The van der Waals surface area contributed by atoms with Crippen LogP contribution in [0, 0.1) is 54.1 Å². The fourth-order valence-corrected chi connectivity index (χ4v) is 4.26. The Balaban J connectivity index is 3.11. The van der Waals surface area contributed by atoms with Gasteiger partial charge in [0.15, 0.2) is 0 Å². The normalized spacial score (nSPS) is 24.2. The van der Waals surface area contributed by atoms with Crippen LogP contribution in [0.4, 0.5) is 0 Å². The second-order valence-electron chi connectivity index (χ2n) is 2.46. The van der Waals surface area contributed by atoms with E-state index in [1.165, 1.54) is 0 Å². The third-order valence-corrected chi connectivity index (χ3v) is 20.6. The first kappa shape index (κ1) is 10.9. The molecule has 0 spiro atoms. The average molecular weight is 435 g/mol. The van der Waals surface area contributed by atoms with Gasteiger partial charge in [-0.2, -0.15) is 0 Å². The van der Waals surface area contributed by atoms with Gasteiger partial charge in [-0.15, -0.1) is 0 Å². The summed E-state index contributed by atoms with van der Waals surface area (Å²) in [6.45, 7) is 0. The molecule has 1 atom stereocenters. The minimum absolute atomic E-state index is 0.0290. The molecule has 0 aromatic rings. The first-order chi connectivity index (χ1) is 5.09. The van der Waals surface area contributed by atoms with E-state index in [4.69, 9.17) is 5.26 Å². The van der Waals surface area contributed by atoms with Gasteiger partial charge in [0.25, 0.3) is 0 Å². The Hall–Kier alpha value is 1.77. The van der Waals surface area contributed by atoms with E-state index in [1.807, 2.05) is 0 Å². The molecule has 1 N–H and O–H groups in total. The molecule has 0 saturated heterocycles. The molecule has 0 fully saturated rings. The molecular formula is C5H3N2O2RaRb. The maximum absolute atomic E-state index is 11.1. The number of amides is 1. The summed E-state index contributed by atoms with van der Waals surface area (Å²) in [4.78, 5) is 11.1. The quantitative estimate of drug-likeness (QED) is 0.524. The van der Waals surface area contributed by atoms with Gasteiger partial charge in [0.05, 0.1) is 0 Å². The molecule has 1 rings (SSSR count). The van der Waals surface area contributed by atoms with Gasteiger partial charge in [-0.25, -0.2) is 0 Å². The number of aliphatic hydroxyl groups is 1. The van der Waals surface area contributed by atoms with Gasteiger partial charge in [0.2, 0.25) is 0 Å². The molecule has 1 heterocycles. The Bertz CT molecular complexity index is 283. The molecule has 48 valence electrons. The summed E-state index contributed by atoms with van der Waals surface area (Å²) in [5.74, 6) is -0.225. The van der Waals surface area contributed by atoms with E-state index in [2.05, 4.69) is 0 Å². The van der Waals surface area contributed by atoms with Crippen LogP contribution in [0.3, 0.4) is 0 Å². The SMILES string of the molecule is N#CC1=C(O)[C@H]([RaH])[N]([Rb])C1=O. The van der Waals surface area contributed by atoms with Gasteiger partial charge in [-0.05, 0) is 0 Å². The van der Waals surface area contributed by atoms with Crippen molar-refractivity contribution in [3.05, 3.63) is 11.3 Å². The van der Waals surface area contributed by atoms with Gasteiger partial charge in [-0.1, -0.05) is 0 Å². The number of carbonyl (C=O) groups excluding carboxylic acids is 1. The molecule has 11 heavy (non-hydrogen) atoms. The third kappa shape index (κ3) is 1.99. The standard InChI is InChI=1S/C5H2N2O2.Ra.Rb.H/c6-1-3-4(8)2-7-5(3)9;;;/h2H,(H-,7,8,9);;;/q-1;;+1;. The first-order valence-electron chi connectivity index (χ1n) is 3.20. The van der Waals surface area contributed by atoms with Crippen LogP contribution < -0.4 is 0 Å². The zero-order chi connectivity index (χ0) is 8.59. The molecule has 1 aliphatic rings. The topological polar surface area (TPSA) is 64.3 Å². The van der Waals surface area contributed by atoms with Crippen molar-refractivity contribution in [2.45, 2.75) is 1.08 Å². The molecule has 1 amide bonds. The zero-order valence-corrected chi connectivity index (χ0v) is 19.5. The average Bonchev–Trinajstić information content (AvgIpc) is 2.17. The fraction of sp³-hybridized carbons (Fsp3) is 0.200. The van der Waals surface area contributed by atoms with Crippen molar-refractivity contribution in [1.29, 1.82) is 5.26 Å². The Kier molecular flexibility index (Phi) is 4.27. The van der Waals surface area contributed by atoms with Crippen molar-refractivity contribution in [2.75, 3.05) is 0 Å². The number of carbonyl (C=O) groups is 1. The van der Waals surface area contributed by atoms with Crippen LogP contribution in [-0.2, 0) is 4.79 Å². The number of rotatable bonds is 0. The van der Waals surface area contributed by atoms with E-state index in [0.29, 0.717) is 0 Å². The van der Waals surface area contributed by atoms with E-state index in [9.17, 15) is 9.90 Å². The van der Waals surface area contributed by atoms with E-state index < -0.39 is 0 Å². The van der Waals surface area contributed by atoms with E-state index in [-0.39, 0.29) is 117 Å². The third-order valence-electron chi connectivity index (χ3n) is 1.88. The summed E-state index contributed by atoms with van der Waals surface area (Å²) >= 11 is 0.106. The number of hydrogen-bond acceptors (Lipinski definition) is 3. The Morgan fingerprint density at radius 3 is 2.55 bits per heavy atom. The van der Waals surface area contributed by atoms with Gasteiger partial charge in [0.1, 0.15) is 0 Å². The van der Waals surface area contributed by atoms with Gasteiger partial charge < -0.3 is 0 Å². The fourth-order valence-electron chi connectivity index (χ4n) is 0.959. The summed E-state index contributed by atoms with van der Waals surface area (Å²) in [6.07, 6.45) is 0. The van der Waals surface area contributed by atoms with Gasteiger partial charge >= 0.3 is 137 Å². The van der Waals surface area contributed by atoms with Crippen LogP contribution in [0.25, 0.3) is 0 Å². The minimum atomic E-state index is -0.254. The van der Waals surface area contributed by atoms with Crippen molar-refractivity contribution < 1.29 is 52.7 Å². The van der Waals surface area contributed by atoms with Crippen LogP contribution in [0.2, 0.25) is 0 Å². The van der Waals surface area contributed by atoms with E-state index in [0.717, 1.165) is 0 Å². The number of nitrogens with zero attached hydrogens (tertiary/aromatic N) is 2. The zero-order valence-electron chi connectivity index (χ0n) is 6.33. The molecule has 0 saturated carbocycles. The van der Waals surface area contributed by atoms with Crippen LogP contribution in [0.15, 0.2) is 11.3 Å². The van der Waals surface area contributed by atoms with Crippen LogP contribution in [-0.4, -0.2) is 66.8 Å². The Morgan fingerprint density at radius 2 is 2.36 bits per heavy atom. The summed E-state index contributed by atoms with van der Waals surface area (Å²) < 4.78 is 1.60. The number of aliphatic hydroxyl groups excluding tert-OH is 1. The predicted molar refractivity (Wildman–Crippen MR) is 33.1 cm³/mol. The molecule has 6 heteroatoms. The predicted octanol–water partition coefficient (Wildman–Crippen LogP) is -1.14. The molecular weight excluding hydrogens is 432 g/mol. The molecule has 0 radical (unpaired) electrons. The molecule has 0 aliphatic carbocycles. The molecule has 0 aromatic carbocycles. The van der Waals surface area contributed by atoms with Gasteiger partial charge in [-0.3, -0.25) is 0 Å². The monoisotopic (exact) mass is 434 g/mol. The van der Waals surface area contributed by atoms with Crippen molar-refractivity contribution in [3.63, 3.8) is 0 Å². The molecule has 0 aromatic heterocycles. The summed E-state index contributed by atoms with van der Waals surface area (Å²) in [5.41, 5.74) is -0.0290. The van der Waals surface area contributed by atoms with Crippen molar-refractivity contribution >= 4 is 61.9 Å². The van der Waals surface area contributed by atoms with Crippen molar-refractivity contribution in [1.82, 2.24) is -1.36 Å². The second kappa shape index (κ2) is 4.33. The Labute approximate surface area is 133 Å². The van der Waals surface area contributed by atoms with Crippen molar-refractivity contribution in [3.8, 4) is 6.07 Å². The molecule has 1 aliphatic heterocycles. The van der Waals surface area contributed by atoms with Gasteiger partial charge in [0, 0.05) is 0 Å².